The van der Waals surface area contributed by atoms with Crippen LogP contribution in [0.5, 0.6) is 5.75 Å². The van der Waals surface area contributed by atoms with Crippen LogP contribution in [0.25, 0.3) is 0 Å². The molecule has 1 heterocycles. The Morgan fingerprint density at radius 3 is 1.95 bits per heavy atom. The molecule has 1 aliphatic heterocycles. The number of ether oxygens (including phenoxy) is 1. The summed E-state index contributed by atoms with van der Waals surface area (Å²) >= 11 is 0. The lowest BCUT2D eigenvalue weighted by atomic mass is 9.68. The van der Waals surface area contributed by atoms with Gasteiger partial charge in [-0.05, 0) is 45.4 Å². The molecule has 1 aliphatic rings. The molecule has 0 aliphatic carbocycles. The van der Waals surface area contributed by atoms with Gasteiger partial charge in [-0.1, -0.05) is 19.1 Å². The Bertz CT molecular complexity index is 468. The zero-order chi connectivity index (χ0) is 15.8. The standard InChI is InChI=1S/C16H25BO4/c1-11(17-20-15(2,3)16(4,5)21-17)14(18)12-7-9-13(19-6)10-8-12/h7-11,14,18H,1-6H3/t11-,14-/m1/s1. The van der Waals surface area contributed by atoms with Crippen molar-refractivity contribution in [2.75, 3.05) is 7.11 Å². The third-order valence-electron chi connectivity index (χ3n) is 4.66. The van der Waals surface area contributed by atoms with Gasteiger partial charge in [-0.2, -0.15) is 0 Å². The van der Waals surface area contributed by atoms with E-state index in [1.54, 1.807) is 7.11 Å². The first-order chi connectivity index (χ1) is 9.68. The smallest absolute Gasteiger partial charge is 0.463 e. The van der Waals surface area contributed by atoms with Gasteiger partial charge in [-0.15, -0.1) is 0 Å². The highest BCUT2D eigenvalue weighted by molar-refractivity contribution is 6.47. The number of aliphatic hydroxyl groups excluding tert-OH is 1. The monoisotopic (exact) mass is 292 g/mol. The molecular weight excluding hydrogens is 267 g/mol. The predicted molar refractivity (Wildman–Crippen MR) is 83.5 cm³/mol. The lowest BCUT2D eigenvalue weighted by Gasteiger charge is -2.32. The minimum absolute atomic E-state index is 0.167. The zero-order valence-electron chi connectivity index (χ0n) is 13.7. The molecule has 2 atom stereocenters. The second kappa shape index (κ2) is 5.63. The van der Waals surface area contributed by atoms with Gasteiger partial charge in [0.2, 0.25) is 0 Å². The molecule has 1 fully saturated rings. The van der Waals surface area contributed by atoms with Crippen molar-refractivity contribution in [3.8, 4) is 5.75 Å². The summed E-state index contributed by atoms with van der Waals surface area (Å²) in [5, 5.41) is 10.6. The van der Waals surface area contributed by atoms with Crippen LogP contribution in [0.15, 0.2) is 24.3 Å². The largest absolute Gasteiger partial charge is 0.497 e. The average molecular weight is 292 g/mol. The number of hydrogen-bond acceptors (Lipinski definition) is 4. The van der Waals surface area contributed by atoms with Gasteiger partial charge in [0.15, 0.2) is 0 Å². The molecule has 0 aromatic heterocycles. The number of benzene rings is 1. The third kappa shape index (κ3) is 3.10. The molecule has 2 rings (SSSR count). The van der Waals surface area contributed by atoms with Crippen LogP contribution >= 0.6 is 0 Å². The van der Waals surface area contributed by atoms with Crippen LogP contribution < -0.4 is 4.74 Å². The second-order valence-electron chi connectivity index (χ2n) is 6.70. The fraction of sp³-hybridized carbons (Fsp3) is 0.625. The van der Waals surface area contributed by atoms with Crippen molar-refractivity contribution in [2.45, 2.75) is 57.7 Å². The highest BCUT2D eigenvalue weighted by Gasteiger charge is 2.53. The van der Waals surface area contributed by atoms with Crippen LogP contribution in [0.4, 0.5) is 0 Å². The maximum absolute atomic E-state index is 10.6. The van der Waals surface area contributed by atoms with Crippen molar-refractivity contribution >= 4 is 7.12 Å². The van der Waals surface area contributed by atoms with E-state index in [0.717, 1.165) is 11.3 Å². The van der Waals surface area contributed by atoms with Crippen LogP contribution in [-0.4, -0.2) is 30.5 Å². The molecule has 0 saturated carbocycles. The number of aliphatic hydroxyl groups is 1. The highest BCUT2D eigenvalue weighted by Crippen LogP contribution is 2.43. The molecule has 0 spiro atoms. The highest BCUT2D eigenvalue weighted by atomic mass is 16.7. The molecule has 0 bridgehead atoms. The first-order valence-corrected chi connectivity index (χ1v) is 7.35. The molecule has 1 N–H and O–H groups in total. The minimum Gasteiger partial charge on any atom is -0.497 e. The molecule has 5 heteroatoms. The van der Waals surface area contributed by atoms with E-state index in [-0.39, 0.29) is 17.0 Å². The predicted octanol–water partition coefficient (Wildman–Crippen LogP) is 3.21. The van der Waals surface area contributed by atoms with Crippen molar-refractivity contribution in [2.24, 2.45) is 0 Å². The van der Waals surface area contributed by atoms with E-state index in [4.69, 9.17) is 14.0 Å². The lowest BCUT2D eigenvalue weighted by Crippen LogP contribution is -2.41. The van der Waals surface area contributed by atoms with E-state index in [1.807, 2.05) is 58.9 Å². The minimum atomic E-state index is -0.648. The van der Waals surface area contributed by atoms with Gasteiger partial charge in [0, 0.05) is 5.82 Å². The van der Waals surface area contributed by atoms with Gasteiger partial charge in [0.25, 0.3) is 0 Å². The number of methoxy groups -OCH3 is 1. The van der Waals surface area contributed by atoms with Crippen molar-refractivity contribution < 1.29 is 19.2 Å². The van der Waals surface area contributed by atoms with Gasteiger partial charge in [0.05, 0.1) is 24.4 Å². The van der Waals surface area contributed by atoms with Crippen molar-refractivity contribution in [3.63, 3.8) is 0 Å². The molecule has 4 nitrogen and oxygen atoms in total. The molecule has 1 saturated heterocycles. The quantitative estimate of drug-likeness (QED) is 0.866. The summed E-state index contributed by atoms with van der Waals surface area (Å²) in [7, 11) is 1.20. The Balaban J connectivity index is 2.11. The van der Waals surface area contributed by atoms with E-state index in [0.29, 0.717) is 0 Å². The van der Waals surface area contributed by atoms with Gasteiger partial charge in [-0.25, -0.2) is 0 Å². The van der Waals surface area contributed by atoms with Crippen LogP contribution in [0, 0.1) is 0 Å². The summed E-state index contributed by atoms with van der Waals surface area (Å²) < 4.78 is 17.1. The van der Waals surface area contributed by atoms with E-state index < -0.39 is 13.2 Å². The average Bonchev–Trinajstić information content (AvgIpc) is 2.66. The van der Waals surface area contributed by atoms with E-state index in [9.17, 15) is 5.11 Å². The van der Waals surface area contributed by atoms with Gasteiger partial charge in [-0.3, -0.25) is 0 Å². The molecular formula is C16H25BO4. The van der Waals surface area contributed by atoms with E-state index in [1.165, 1.54) is 0 Å². The maximum atomic E-state index is 10.6. The van der Waals surface area contributed by atoms with Gasteiger partial charge < -0.3 is 19.2 Å². The number of hydrogen-bond donors (Lipinski definition) is 1. The topological polar surface area (TPSA) is 47.9 Å². The summed E-state index contributed by atoms with van der Waals surface area (Å²) in [6.45, 7) is 10.00. The van der Waals surface area contributed by atoms with Crippen LogP contribution in [0.1, 0.15) is 46.3 Å². The second-order valence-corrected chi connectivity index (χ2v) is 6.70. The summed E-state index contributed by atoms with van der Waals surface area (Å²) in [4.78, 5) is 0. The van der Waals surface area contributed by atoms with Gasteiger partial charge >= 0.3 is 7.12 Å². The molecule has 1 aromatic rings. The lowest BCUT2D eigenvalue weighted by molar-refractivity contribution is 0.00578. The Morgan fingerprint density at radius 1 is 1.05 bits per heavy atom. The van der Waals surface area contributed by atoms with E-state index in [2.05, 4.69) is 0 Å². The molecule has 0 unspecified atom stereocenters. The van der Waals surface area contributed by atoms with Gasteiger partial charge in [0.1, 0.15) is 5.75 Å². The summed E-state index contributed by atoms with van der Waals surface area (Å²) in [5.41, 5.74) is 0.0647. The van der Waals surface area contributed by atoms with Crippen molar-refractivity contribution in [1.82, 2.24) is 0 Å². The summed E-state index contributed by atoms with van der Waals surface area (Å²) in [5.74, 6) is 0.605. The Labute approximate surface area is 127 Å². The summed E-state index contributed by atoms with van der Waals surface area (Å²) in [6.07, 6.45) is -0.648. The van der Waals surface area contributed by atoms with Crippen LogP contribution in [0.3, 0.4) is 0 Å². The van der Waals surface area contributed by atoms with Crippen molar-refractivity contribution in [1.29, 1.82) is 0 Å². The number of rotatable bonds is 4. The zero-order valence-corrected chi connectivity index (χ0v) is 13.7. The fourth-order valence-electron chi connectivity index (χ4n) is 2.36. The Hall–Kier alpha value is -1.04. The SMILES string of the molecule is COc1ccc([C@H](O)[C@@H](C)B2OC(C)(C)C(C)(C)O2)cc1. The van der Waals surface area contributed by atoms with E-state index >= 15 is 0 Å². The first kappa shape index (κ1) is 16.3. The van der Waals surface area contributed by atoms with Crippen LogP contribution in [-0.2, 0) is 9.31 Å². The first-order valence-electron chi connectivity index (χ1n) is 7.35. The normalized spacial score (nSPS) is 22.9. The maximum Gasteiger partial charge on any atom is 0.463 e. The Kier molecular flexibility index (Phi) is 4.38. The molecule has 116 valence electrons. The third-order valence-corrected chi connectivity index (χ3v) is 4.66. The van der Waals surface area contributed by atoms with Crippen molar-refractivity contribution in [3.05, 3.63) is 29.8 Å². The van der Waals surface area contributed by atoms with Crippen LogP contribution in [0.2, 0.25) is 5.82 Å². The summed E-state index contributed by atoms with van der Waals surface area (Å²) in [6, 6.07) is 7.42. The molecule has 0 amide bonds. The molecule has 0 radical (unpaired) electrons. The molecule has 21 heavy (non-hydrogen) atoms. The fourth-order valence-corrected chi connectivity index (χ4v) is 2.36. The molecule has 1 aromatic carbocycles. The Morgan fingerprint density at radius 2 is 1.52 bits per heavy atom.